The van der Waals surface area contributed by atoms with E-state index >= 15 is 0 Å². The molecule has 0 bridgehead atoms. The van der Waals surface area contributed by atoms with Crippen LogP contribution in [0.4, 0.5) is 4.79 Å². The summed E-state index contributed by atoms with van der Waals surface area (Å²) in [6.07, 6.45) is 0.390. The number of benzene rings is 1. The van der Waals surface area contributed by atoms with Crippen LogP contribution in [0.1, 0.15) is 23.2 Å². The number of H-pyrrole nitrogens is 1. The summed E-state index contributed by atoms with van der Waals surface area (Å²) in [5, 5.41) is 23.6. The lowest BCUT2D eigenvalue weighted by molar-refractivity contribution is 0.142. The van der Waals surface area contributed by atoms with E-state index in [4.69, 9.17) is 5.11 Å². The lowest BCUT2D eigenvalue weighted by atomic mass is 9.97. The van der Waals surface area contributed by atoms with Gasteiger partial charge in [-0.25, -0.2) is 4.79 Å². The van der Waals surface area contributed by atoms with Crippen LogP contribution in [0.5, 0.6) is 11.5 Å². The Bertz CT molecular complexity index is 1160. The molecule has 146 valence electrons. The highest BCUT2D eigenvalue weighted by molar-refractivity contribution is 5.92. The fraction of sp³-hybridized carbons (Fsp3) is 0.300. The zero-order valence-corrected chi connectivity index (χ0v) is 15.6. The fourth-order valence-electron chi connectivity index (χ4n) is 4.08. The van der Waals surface area contributed by atoms with Gasteiger partial charge in [0, 0.05) is 41.3 Å². The number of carboxylic acid groups (broad SMARTS) is 1. The van der Waals surface area contributed by atoms with Crippen molar-refractivity contribution < 1.29 is 19.7 Å². The number of rotatable bonds is 3. The molecule has 2 heterocycles. The summed E-state index contributed by atoms with van der Waals surface area (Å²) in [5.41, 5.74) is 4.46. The Labute approximate surface area is 160 Å². The van der Waals surface area contributed by atoms with E-state index in [1.165, 1.54) is 0 Å². The Morgan fingerprint density at radius 2 is 2.07 bits per heavy atom. The third-order valence-electron chi connectivity index (χ3n) is 5.35. The fourth-order valence-corrected chi connectivity index (χ4v) is 4.08. The number of aromatic hydroxyl groups is 1. The summed E-state index contributed by atoms with van der Waals surface area (Å²) in [7, 11) is 3.92. The molecule has 0 saturated carbocycles. The van der Waals surface area contributed by atoms with Gasteiger partial charge in [-0.15, -0.1) is 0 Å². The highest BCUT2D eigenvalue weighted by Gasteiger charge is 2.25. The van der Waals surface area contributed by atoms with Crippen LogP contribution < -0.4 is 15.6 Å². The average molecular weight is 383 g/mol. The Kier molecular flexibility index (Phi) is 4.35. The van der Waals surface area contributed by atoms with Gasteiger partial charge in [-0.05, 0) is 44.0 Å². The van der Waals surface area contributed by atoms with E-state index in [-0.39, 0.29) is 0 Å². The van der Waals surface area contributed by atoms with E-state index in [1.807, 2.05) is 26.2 Å². The van der Waals surface area contributed by atoms with Crippen molar-refractivity contribution in [2.45, 2.75) is 25.8 Å². The maximum atomic E-state index is 12.4. The smallest absolute Gasteiger partial charge is 0.504 e. The average Bonchev–Trinajstić information content (AvgIpc) is 2.84. The molecular formula is C20H21N3O5. The van der Waals surface area contributed by atoms with Gasteiger partial charge in [0.2, 0.25) is 5.75 Å². The van der Waals surface area contributed by atoms with E-state index in [0.29, 0.717) is 17.7 Å². The molecule has 0 radical (unpaired) electrons. The standard InChI is InChI=1S/C20H21N3O5/c1-21-9-10-8-14-11-4-3-5-13-16(12(11)6-7-15(14)23(10)2)22-19(25)18(17(13)24)28-20(26)27/h6-8,21H,3-5,9H2,1-2H3,(H,26,27)(H2,22,24,25). The molecule has 4 rings (SSSR count). The zero-order chi connectivity index (χ0) is 20.0. The Hall–Kier alpha value is -3.26. The van der Waals surface area contributed by atoms with Gasteiger partial charge in [0.1, 0.15) is 0 Å². The Morgan fingerprint density at radius 3 is 2.79 bits per heavy atom. The van der Waals surface area contributed by atoms with Gasteiger partial charge in [-0.2, -0.15) is 0 Å². The summed E-state index contributed by atoms with van der Waals surface area (Å²) < 4.78 is 6.64. The van der Waals surface area contributed by atoms with Gasteiger partial charge < -0.3 is 29.8 Å². The number of hydrogen-bond donors (Lipinski definition) is 4. The second-order valence-electron chi connectivity index (χ2n) is 6.96. The molecule has 3 aromatic rings. The molecule has 0 spiro atoms. The number of carbonyl (C=O) groups is 1. The van der Waals surface area contributed by atoms with Crippen LogP contribution in [0.2, 0.25) is 0 Å². The van der Waals surface area contributed by atoms with Crippen LogP contribution >= 0.6 is 0 Å². The van der Waals surface area contributed by atoms with Gasteiger partial charge in [0.15, 0.2) is 5.75 Å². The second kappa shape index (κ2) is 6.72. The number of ether oxygens (including phenoxy) is 1. The van der Waals surface area contributed by atoms with Crippen molar-refractivity contribution in [3.8, 4) is 22.8 Å². The maximum Gasteiger partial charge on any atom is 0.511 e. The van der Waals surface area contributed by atoms with Crippen molar-refractivity contribution in [1.29, 1.82) is 0 Å². The van der Waals surface area contributed by atoms with Crippen LogP contribution in [0.15, 0.2) is 23.0 Å². The van der Waals surface area contributed by atoms with Crippen LogP contribution in [0, 0.1) is 0 Å². The maximum absolute atomic E-state index is 12.4. The van der Waals surface area contributed by atoms with Crippen molar-refractivity contribution in [3.05, 3.63) is 45.4 Å². The molecule has 0 fully saturated rings. The molecule has 1 aliphatic carbocycles. The molecule has 8 heteroatoms. The van der Waals surface area contributed by atoms with Crippen molar-refractivity contribution in [2.75, 3.05) is 7.05 Å². The SMILES string of the molecule is CNCc1cc2c3c(ccc2n1C)-c1[nH]c(=O)c(OC(=O)O)c(O)c1CCC3. The van der Waals surface area contributed by atoms with Gasteiger partial charge >= 0.3 is 6.16 Å². The number of pyridine rings is 1. The predicted octanol–water partition coefficient (Wildman–Crippen LogP) is 2.50. The molecule has 0 unspecified atom stereocenters. The number of aromatic amines is 1. The molecule has 0 amide bonds. The number of aryl methyl sites for hydroxylation is 2. The van der Waals surface area contributed by atoms with Crippen LogP contribution in [0.3, 0.4) is 0 Å². The minimum atomic E-state index is -1.64. The second-order valence-corrected chi connectivity index (χ2v) is 6.96. The third kappa shape index (κ3) is 2.73. The number of fused-ring (bicyclic) bond motifs is 5. The molecule has 0 atom stereocenters. The monoisotopic (exact) mass is 383 g/mol. The van der Waals surface area contributed by atoms with E-state index in [1.54, 1.807) is 0 Å². The Morgan fingerprint density at radius 1 is 1.32 bits per heavy atom. The van der Waals surface area contributed by atoms with E-state index < -0.39 is 23.2 Å². The normalized spacial score (nSPS) is 13.1. The van der Waals surface area contributed by atoms with Crippen molar-refractivity contribution in [1.82, 2.24) is 14.9 Å². The molecule has 0 aliphatic heterocycles. The van der Waals surface area contributed by atoms with E-state index in [2.05, 4.69) is 25.7 Å². The summed E-state index contributed by atoms with van der Waals surface area (Å²) in [6, 6.07) is 6.09. The van der Waals surface area contributed by atoms with E-state index in [0.717, 1.165) is 47.1 Å². The first-order valence-corrected chi connectivity index (χ1v) is 9.06. The highest BCUT2D eigenvalue weighted by atomic mass is 16.7. The van der Waals surface area contributed by atoms with Gasteiger partial charge in [-0.1, -0.05) is 6.07 Å². The quantitative estimate of drug-likeness (QED) is 0.517. The molecular weight excluding hydrogens is 362 g/mol. The number of nitrogens with zero attached hydrogens (tertiary/aromatic N) is 1. The number of nitrogens with one attached hydrogen (secondary N) is 2. The van der Waals surface area contributed by atoms with Crippen LogP contribution in [-0.4, -0.2) is 33.0 Å². The molecule has 0 saturated heterocycles. The van der Waals surface area contributed by atoms with Crippen LogP contribution in [0.25, 0.3) is 22.2 Å². The van der Waals surface area contributed by atoms with Gasteiger partial charge in [0.05, 0.1) is 5.69 Å². The molecule has 2 aromatic heterocycles. The molecule has 8 nitrogen and oxygen atoms in total. The number of hydrogen-bond acceptors (Lipinski definition) is 5. The number of aromatic nitrogens is 2. The first kappa shape index (κ1) is 18.1. The minimum absolute atomic E-state index is 0.405. The third-order valence-corrected chi connectivity index (χ3v) is 5.35. The minimum Gasteiger partial charge on any atom is -0.504 e. The first-order chi connectivity index (χ1) is 13.4. The molecule has 1 aliphatic rings. The summed E-state index contributed by atoms with van der Waals surface area (Å²) in [6.45, 7) is 0.740. The summed E-state index contributed by atoms with van der Waals surface area (Å²) in [5.74, 6) is -0.982. The van der Waals surface area contributed by atoms with Crippen molar-refractivity contribution in [2.24, 2.45) is 7.05 Å². The van der Waals surface area contributed by atoms with Gasteiger partial charge in [0.25, 0.3) is 5.56 Å². The highest BCUT2D eigenvalue weighted by Crippen LogP contribution is 2.40. The summed E-state index contributed by atoms with van der Waals surface area (Å²) in [4.78, 5) is 25.9. The lowest BCUT2D eigenvalue weighted by Crippen LogP contribution is -2.17. The van der Waals surface area contributed by atoms with Crippen molar-refractivity contribution in [3.63, 3.8) is 0 Å². The Balaban J connectivity index is 1.97. The predicted molar refractivity (Wildman–Crippen MR) is 104 cm³/mol. The molecule has 1 aromatic carbocycles. The molecule has 4 N–H and O–H groups in total. The molecule has 28 heavy (non-hydrogen) atoms. The van der Waals surface area contributed by atoms with Gasteiger partial charge in [-0.3, -0.25) is 4.79 Å². The van der Waals surface area contributed by atoms with Crippen LogP contribution in [-0.2, 0) is 26.4 Å². The largest absolute Gasteiger partial charge is 0.511 e. The van der Waals surface area contributed by atoms with E-state index in [9.17, 15) is 14.7 Å². The lowest BCUT2D eigenvalue weighted by Gasteiger charge is -2.13. The topological polar surface area (TPSA) is 117 Å². The summed E-state index contributed by atoms with van der Waals surface area (Å²) >= 11 is 0. The van der Waals surface area contributed by atoms with Crippen molar-refractivity contribution >= 4 is 17.1 Å². The first-order valence-electron chi connectivity index (χ1n) is 9.06. The zero-order valence-electron chi connectivity index (χ0n) is 15.6.